The number of carbonyl (C=O) groups is 2. The molecule has 0 fully saturated rings. The summed E-state index contributed by atoms with van der Waals surface area (Å²) < 4.78 is 41.9. The van der Waals surface area contributed by atoms with Crippen LogP contribution in [0.25, 0.3) is 0 Å². The molecule has 0 bridgehead atoms. The van der Waals surface area contributed by atoms with E-state index in [4.69, 9.17) is 9.47 Å². The molecular formula is C28H36N6O7S. The van der Waals surface area contributed by atoms with Crippen LogP contribution in [-0.4, -0.2) is 90.8 Å². The summed E-state index contributed by atoms with van der Waals surface area (Å²) in [5.74, 6) is -0.0470. The van der Waals surface area contributed by atoms with Crippen molar-refractivity contribution < 1.29 is 32.6 Å². The van der Waals surface area contributed by atoms with Gasteiger partial charge in [-0.1, -0.05) is 13.0 Å². The number of nitrogens with zero attached hydrogens (tertiary/aromatic N) is 4. The lowest BCUT2D eigenvalue weighted by Crippen LogP contribution is -2.50. The second-order valence-corrected chi connectivity index (χ2v) is 12.0. The number of aryl methyl sites for hydroxylation is 1. The van der Waals surface area contributed by atoms with Gasteiger partial charge in [0.1, 0.15) is 11.9 Å². The third kappa shape index (κ3) is 6.77. The molecule has 42 heavy (non-hydrogen) atoms. The first-order valence-corrected chi connectivity index (χ1v) is 14.8. The Balaban J connectivity index is 1.66. The number of urea groups is 1. The number of ether oxygens (including phenoxy) is 2. The van der Waals surface area contributed by atoms with Crippen LogP contribution in [0.2, 0.25) is 0 Å². The highest BCUT2D eigenvalue weighted by molar-refractivity contribution is 7.92. The van der Waals surface area contributed by atoms with Gasteiger partial charge in [0, 0.05) is 38.4 Å². The van der Waals surface area contributed by atoms with Gasteiger partial charge in [0.25, 0.3) is 15.9 Å². The molecule has 1 aromatic heterocycles. The van der Waals surface area contributed by atoms with Crippen molar-refractivity contribution in [2.45, 2.75) is 31.0 Å². The van der Waals surface area contributed by atoms with Crippen molar-refractivity contribution in [1.82, 2.24) is 19.4 Å². The Bertz CT molecular complexity index is 1530. The molecule has 0 aliphatic carbocycles. The van der Waals surface area contributed by atoms with E-state index in [0.29, 0.717) is 11.4 Å². The van der Waals surface area contributed by atoms with E-state index in [9.17, 15) is 23.1 Å². The highest BCUT2D eigenvalue weighted by atomic mass is 32.2. The molecule has 1 aliphatic rings. The van der Waals surface area contributed by atoms with Crippen molar-refractivity contribution in [3.05, 3.63) is 60.6 Å². The maximum absolute atomic E-state index is 13.7. The van der Waals surface area contributed by atoms with Crippen LogP contribution in [-0.2, 0) is 17.1 Å². The van der Waals surface area contributed by atoms with Crippen LogP contribution < -0.4 is 19.5 Å². The molecule has 0 saturated carbocycles. The topological polar surface area (TPSA) is 155 Å². The first-order valence-electron chi connectivity index (χ1n) is 13.3. The predicted molar refractivity (Wildman–Crippen MR) is 156 cm³/mol. The minimum absolute atomic E-state index is 0.0256. The number of aromatic nitrogens is 2. The summed E-state index contributed by atoms with van der Waals surface area (Å²) in [5.41, 5.74) is 0.746. The average Bonchev–Trinajstić information content (AvgIpc) is 3.42. The summed E-state index contributed by atoms with van der Waals surface area (Å²) in [5, 5.41) is 12.5. The van der Waals surface area contributed by atoms with Crippen LogP contribution in [0.5, 0.6) is 11.5 Å². The van der Waals surface area contributed by atoms with Crippen LogP contribution in [0.4, 0.5) is 16.2 Å². The number of nitrogens with one attached hydrogen (secondary N) is 2. The number of anilines is 2. The fraction of sp³-hybridized carbons (Fsp3) is 0.393. The van der Waals surface area contributed by atoms with Gasteiger partial charge in [-0.25, -0.2) is 9.78 Å². The number of para-hydroxylation sites is 1. The van der Waals surface area contributed by atoms with E-state index in [1.165, 1.54) is 33.0 Å². The highest BCUT2D eigenvalue weighted by Gasteiger charge is 2.35. The van der Waals surface area contributed by atoms with E-state index in [0.717, 1.165) is 0 Å². The molecule has 14 heteroatoms. The van der Waals surface area contributed by atoms with Gasteiger partial charge in [-0.15, -0.1) is 0 Å². The number of amides is 3. The van der Waals surface area contributed by atoms with Crippen molar-refractivity contribution in [1.29, 1.82) is 0 Å². The van der Waals surface area contributed by atoms with E-state index in [1.807, 2.05) is 6.92 Å². The van der Waals surface area contributed by atoms with Gasteiger partial charge in [0.05, 0.1) is 43.9 Å². The smallest absolute Gasteiger partial charge is 0.321 e. The number of sulfonamides is 1. The molecule has 3 atom stereocenters. The fourth-order valence-electron chi connectivity index (χ4n) is 4.51. The van der Waals surface area contributed by atoms with Crippen LogP contribution in [0, 0.1) is 5.92 Å². The molecule has 3 N–H and O–H groups in total. The second-order valence-electron chi connectivity index (χ2n) is 10.3. The largest absolute Gasteiger partial charge is 0.497 e. The molecule has 0 saturated heterocycles. The zero-order chi connectivity index (χ0) is 30.6. The molecule has 0 unspecified atom stereocenters. The van der Waals surface area contributed by atoms with Gasteiger partial charge in [0.2, 0.25) is 0 Å². The number of likely N-dealkylation sites (N-methyl/N-ethyl adjacent to an activating group) is 1. The minimum Gasteiger partial charge on any atom is -0.497 e. The standard InChI is InChI=1S/C28H36N6O7S/c1-18-13-34(19(2)16-35)27(36)22-7-6-8-23(31-42(38,39)25-15-32(3)17-29-25)26(22)41-24(18)14-33(4)28(37)30-20-9-11-21(40-5)12-10-20/h6-12,15,17-19,24,31,35H,13-14,16H2,1-5H3,(H,30,37)/t18-,19-,24-/m0/s1. The van der Waals surface area contributed by atoms with E-state index in [2.05, 4.69) is 15.0 Å². The van der Waals surface area contributed by atoms with Crippen molar-refractivity contribution in [2.24, 2.45) is 13.0 Å². The van der Waals surface area contributed by atoms with Crippen LogP contribution >= 0.6 is 0 Å². The van der Waals surface area contributed by atoms with E-state index in [-0.39, 0.29) is 53.7 Å². The summed E-state index contributed by atoms with van der Waals surface area (Å²) in [7, 11) is 0.703. The number of hydrogen-bond acceptors (Lipinski definition) is 8. The number of aliphatic hydroxyl groups is 1. The molecule has 3 amide bonds. The normalized spacial score (nSPS) is 17.8. The summed E-state index contributed by atoms with van der Waals surface area (Å²) >= 11 is 0. The summed E-state index contributed by atoms with van der Waals surface area (Å²) in [4.78, 5) is 33.7. The monoisotopic (exact) mass is 600 g/mol. The van der Waals surface area contributed by atoms with Crippen LogP contribution in [0.1, 0.15) is 24.2 Å². The lowest BCUT2D eigenvalue weighted by atomic mass is 9.99. The first kappa shape index (κ1) is 30.7. The minimum atomic E-state index is -4.12. The third-order valence-electron chi connectivity index (χ3n) is 7.03. The number of fused-ring (bicyclic) bond motifs is 1. The predicted octanol–water partition coefficient (Wildman–Crippen LogP) is 2.61. The molecule has 13 nitrogen and oxygen atoms in total. The van der Waals surface area contributed by atoms with E-state index in [1.54, 1.807) is 64.5 Å². The quantitative estimate of drug-likeness (QED) is 0.339. The van der Waals surface area contributed by atoms with Gasteiger partial charge in [-0.3, -0.25) is 9.52 Å². The first-order chi connectivity index (χ1) is 19.9. The van der Waals surface area contributed by atoms with Gasteiger partial charge in [0.15, 0.2) is 10.8 Å². The van der Waals surface area contributed by atoms with Gasteiger partial charge >= 0.3 is 6.03 Å². The molecule has 4 rings (SSSR count). The molecule has 226 valence electrons. The molecule has 0 radical (unpaired) electrons. The lowest BCUT2D eigenvalue weighted by Gasteiger charge is -2.38. The summed E-state index contributed by atoms with van der Waals surface area (Å²) in [6.45, 7) is 3.68. The number of methoxy groups -OCH3 is 1. The summed E-state index contributed by atoms with van der Waals surface area (Å²) in [6.07, 6.45) is 2.06. The Morgan fingerprint density at radius 3 is 2.60 bits per heavy atom. The number of benzene rings is 2. The maximum atomic E-state index is 13.7. The molecule has 2 aromatic carbocycles. The van der Waals surface area contributed by atoms with Crippen molar-refractivity contribution in [3.8, 4) is 11.5 Å². The number of aliphatic hydroxyl groups excluding tert-OH is 1. The average molecular weight is 601 g/mol. The highest BCUT2D eigenvalue weighted by Crippen LogP contribution is 2.36. The zero-order valence-corrected chi connectivity index (χ0v) is 25.0. The Morgan fingerprint density at radius 1 is 1.26 bits per heavy atom. The van der Waals surface area contributed by atoms with Crippen LogP contribution in [0.3, 0.4) is 0 Å². The Labute approximate surface area is 245 Å². The Morgan fingerprint density at radius 2 is 1.98 bits per heavy atom. The zero-order valence-electron chi connectivity index (χ0n) is 24.1. The second kappa shape index (κ2) is 12.7. The van der Waals surface area contributed by atoms with Gasteiger partial charge < -0.3 is 34.3 Å². The Kier molecular flexibility index (Phi) is 9.27. The fourth-order valence-corrected chi connectivity index (χ4v) is 5.56. The molecule has 0 spiro atoms. The molecule has 3 aromatic rings. The number of imidazole rings is 1. The van der Waals surface area contributed by atoms with Crippen molar-refractivity contribution in [2.75, 3.05) is 43.9 Å². The van der Waals surface area contributed by atoms with Crippen LogP contribution in [0.15, 0.2) is 60.0 Å². The number of carbonyl (C=O) groups excluding carboxylic acids is 2. The number of rotatable bonds is 9. The molecular weight excluding hydrogens is 564 g/mol. The lowest BCUT2D eigenvalue weighted by molar-refractivity contribution is 0.0373. The molecule has 2 heterocycles. The number of hydrogen-bond donors (Lipinski definition) is 3. The van der Waals surface area contributed by atoms with E-state index < -0.39 is 28.1 Å². The maximum Gasteiger partial charge on any atom is 0.321 e. The molecule has 1 aliphatic heterocycles. The Hall–Kier alpha value is -4.30. The summed E-state index contributed by atoms with van der Waals surface area (Å²) in [6, 6.07) is 10.6. The van der Waals surface area contributed by atoms with Crippen molar-refractivity contribution >= 4 is 33.3 Å². The van der Waals surface area contributed by atoms with Gasteiger partial charge in [-0.05, 0) is 43.3 Å². The van der Waals surface area contributed by atoms with E-state index >= 15 is 0 Å². The SMILES string of the molecule is COc1ccc(NC(=O)N(C)C[C@@H]2Oc3c(NS(=O)(=O)c4cn(C)cn4)cccc3C(=O)N([C@@H](C)CO)C[C@@H]2C)cc1. The third-order valence-corrected chi connectivity index (χ3v) is 8.28. The van der Waals surface area contributed by atoms with Gasteiger partial charge in [-0.2, -0.15) is 8.42 Å². The van der Waals surface area contributed by atoms with Crippen molar-refractivity contribution in [3.63, 3.8) is 0 Å².